The molecule has 9 heteroatoms. The number of sulfonamides is 1. The number of ether oxygens (including phenoxy) is 1. The first kappa shape index (κ1) is 30.2. The predicted octanol–water partition coefficient (Wildman–Crippen LogP) is 4.19. The minimum Gasteiger partial charge on any atom is -0.497 e. The highest BCUT2D eigenvalue weighted by molar-refractivity contribution is 7.92. The maximum absolute atomic E-state index is 13.4. The SMILES string of the molecule is CC[C@@H](C)NC(=O)[C@H](C)N(Cc1cccc(OC)c1)C(=O)CCCN(c1ccc(C)c(C)c1)S(C)(=O)=O. The summed E-state index contributed by atoms with van der Waals surface area (Å²) in [5, 5.41) is 2.95. The second kappa shape index (κ2) is 13.5. The number of anilines is 1. The first-order valence-electron chi connectivity index (χ1n) is 12.6. The molecule has 0 heterocycles. The number of methoxy groups -OCH3 is 1. The van der Waals surface area contributed by atoms with E-state index in [4.69, 9.17) is 4.74 Å². The topological polar surface area (TPSA) is 96.0 Å². The van der Waals surface area contributed by atoms with Crippen LogP contribution < -0.4 is 14.4 Å². The monoisotopic (exact) mass is 531 g/mol. The summed E-state index contributed by atoms with van der Waals surface area (Å²) in [7, 11) is -1.96. The van der Waals surface area contributed by atoms with Crippen LogP contribution in [0.25, 0.3) is 0 Å². The summed E-state index contributed by atoms with van der Waals surface area (Å²) in [6.07, 6.45) is 2.36. The van der Waals surface area contributed by atoms with E-state index in [0.29, 0.717) is 17.9 Å². The molecule has 0 aromatic heterocycles. The molecule has 2 rings (SSSR count). The van der Waals surface area contributed by atoms with Crippen molar-refractivity contribution in [2.45, 2.75) is 72.5 Å². The zero-order chi connectivity index (χ0) is 27.8. The normalized spacial score (nSPS) is 12.9. The lowest BCUT2D eigenvalue weighted by Crippen LogP contribution is -2.49. The van der Waals surface area contributed by atoms with Crippen LogP contribution in [-0.2, 0) is 26.2 Å². The van der Waals surface area contributed by atoms with Gasteiger partial charge in [-0.2, -0.15) is 0 Å². The van der Waals surface area contributed by atoms with Crippen molar-refractivity contribution in [3.8, 4) is 5.75 Å². The molecule has 0 bridgehead atoms. The van der Waals surface area contributed by atoms with Crippen LogP contribution >= 0.6 is 0 Å². The molecular weight excluding hydrogens is 490 g/mol. The van der Waals surface area contributed by atoms with Gasteiger partial charge >= 0.3 is 0 Å². The van der Waals surface area contributed by atoms with Crippen LogP contribution in [-0.4, -0.2) is 57.1 Å². The average Bonchev–Trinajstić information content (AvgIpc) is 2.85. The van der Waals surface area contributed by atoms with Gasteiger partial charge in [-0.3, -0.25) is 13.9 Å². The Hall–Kier alpha value is -3.07. The lowest BCUT2D eigenvalue weighted by Gasteiger charge is -2.30. The van der Waals surface area contributed by atoms with Gasteiger partial charge in [-0.05, 0) is 81.5 Å². The Morgan fingerprint density at radius 2 is 1.76 bits per heavy atom. The Morgan fingerprint density at radius 3 is 2.35 bits per heavy atom. The van der Waals surface area contributed by atoms with Crippen LogP contribution in [0.15, 0.2) is 42.5 Å². The van der Waals surface area contributed by atoms with Crippen LogP contribution in [0.1, 0.15) is 56.7 Å². The van der Waals surface area contributed by atoms with Gasteiger partial charge in [-0.25, -0.2) is 8.42 Å². The molecule has 2 aromatic carbocycles. The molecule has 2 amide bonds. The molecule has 204 valence electrons. The highest BCUT2D eigenvalue weighted by atomic mass is 32.2. The molecule has 0 spiro atoms. The van der Waals surface area contributed by atoms with Gasteiger partial charge in [0.2, 0.25) is 21.8 Å². The van der Waals surface area contributed by atoms with Crippen molar-refractivity contribution in [2.75, 3.05) is 24.2 Å². The Balaban J connectivity index is 2.21. The van der Waals surface area contributed by atoms with Crippen molar-refractivity contribution in [3.05, 3.63) is 59.2 Å². The third-order valence-corrected chi connectivity index (χ3v) is 7.78. The van der Waals surface area contributed by atoms with E-state index in [1.807, 2.05) is 64.1 Å². The van der Waals surface area contributed by atoms with Gasteiger partial charge in [0, 0.05) is 25.6 Å². The molecule has 1 N–H and O–H groups in total. The number of carbonyl (C=O) groups excluding carboxylic acids is 2. The first-order chi connectivity index (χ1) is 17.4. The van der Waals surface area contributed by atoms with Gasteiger partial charge in [0.1, 0.15) is 11.8 Å². The standard InChI is InChI=1S/C28H41N3O5S/c1-8-22(4)29-28(33)23(5)30(19-24-11-9-12-26(18-24)36-6)27(32)13-10-16-31(37(7,34)35)25-15-14-20(2)21(3)17-25/h9,11-12,14-15,17-18,22-23H,8,10,13,16,19H2,1-7H3,(H,29,33)/t22-,23+/m1/s1. The quantitative estimate of drug-likeness (QED) is 0.418. The van der Waals surface area contributed by atoms with E-state index in [0.717, 1.165) is 23.1 Å². The first-order valence-corrected chi connectivity index (χ1v) is 14.5. The van der Waals surface area contributed by atoms with Crippen molar-refractivity contribution >= 4 is 27.5 Å². The number of rotatable bonds is 13. The van der Waals surface area contributed by atoms with Crippen LogP contribution in [0.5, 0.6) is 5.75 Å². The van der Waals surface area contributed by atoms with Gasteiger partial charge in [0.15, 0.2) is 0 Å². The Bertz CT molecular complexity index is 1180. The van der Waals surface area contributed by atoms with Crippen molar-refractivity contribution < 1.29 is 22.7 Å². The maximum Gasteiger partial charge on any atom is 0.242 e. The molecule has 0 aliphatic rings. The number of nitrogens with one attached hydrogen (secondary N) is 1. The Kier molecular flexibility index (Phi) is 11.0. The van der Waals surface area contributed by atoms with E-state index in [2.05, 4.69) is 5.32 Å². The van der Waals surface area contributed by atoms with E-state index >= 15 is 0 Å². The Labute approximate surface area is 222 Å². The number of benzene rings is 2. The zero-order valence-corrected chi connectivity index (χ0v) is 23.9. The minimum absolute atomic E-state index is 0.00925. The fraction of sp³-hybridized carbons (Fsp3) is 0.500. The zero-order valence-electron chi connectivity index (χ0n) is 23.1. The smallest absolute Gasteiger partial charge is 0.242 e. The number of carbonyl (C=O) groups is 2. The predicted molar refractivity (Wildman–Crippen MR) is 148 cm³/mol. The highest BCUT2D eigenvalue weighted by Crippen LogP contribution is 2.22. The molecule has 0 aliphatic carbocycles. The molecule has 2 atom stereocenters. The van der Waals surface area contributed by atoms with Gasteiger partial charge < -0.3 is 15.0 Å². The van der Waals surface area contributed by atoms with E-state index in [9.17, 15) is 18.0 Å². The second-order valence-corrected chi connectivity index (χ2v) is 11.5. The third kappa shape index (κ3) is 8.77. The molecular formula is C28H41N3O5S. The summed E-state index contributed by atoms with van der Waals surface area (Å²) < 4.78 is 31.7. The summed E-state index contributed by atoms with van der Waals surface area (Å²) >= 11 is 0. The van der Waals surface area contributed by atoms with Gasteiger partial charge in [0.05, 0.1) is 19.1 Å². The molecule has 0 saturated heterocycles. The van der Waals surface area contributed by atoms with Crippen molar-refractivity contribution in [2.24, 2.45) is 0 Å². The fourth-order valence-corrected chi connectivity index (χ4v) is 4.86. The van der Waals surface area contributed by atoms with Crippen LogP contribution in [0.2, 0.25) is 0 Å². The third-order valence-electron chi connectivity index (χ3n) is 6.59. The van der Waals surface area contributed by atoms with E-state index in [1.165, 1.54) is 10.6 Å². The molecule has 0 unspecified atom stereocenters. The van der Waals surface area contributed by atoms with Crippen LogP contribution in [0.4, 0.5) is 5.69 Å². The summed E-state index contributed by atoms with van der Waals surface area (Å²) in [4.78, 5) is 27.9. The van der Waals surface area contributed by atoms with Gasteiger partial charge in [-0.1, -0.05) is 25.1 Å². The lowest BCUT2D eigenvalue weighted by molar-refractivity contribution is -0.140. The summed E-state index contributed by atoms with van der Waals surface area (Å²) in [6.45, 7) is 9.92. The van der Waals surface area contributed by atoms with E-state index in [1.54, 1.807) is 25.0 Å². The van der Waals surface area contributed by atoms with Crippen LogP contribution in [0.3, 0.4) is 0 Å². The molecule has 37 heavy (non-hydrogen) atoms. The molecule has 0 saturated carbocycles. The van der Waals surface area contributed by atoms with Crippen LogP contribution in [0, 0.1) is 13.8 Å². The average molecular weight is 532 g/mol. The van der Waals surface area contributed by atoms with Crippen molar-refractivity contribution in [1.82, 2.24) is 10.2 Å². The van der Waals surface area contributed by atoms with Crippen molar-refractivity contribution in [1.29, 1.82) is 0 Å². The molecule has 2 aromatic rings. The van der Waals surface area contributed by atoms with Crippen molar-refractivity contribution in [3.63, 3.8) is 0 Å². The summed E-state index contributed by atoms with van der Waals surface area (Å²) in [6, 6.07) is 12.2. The maximum atomic E-state index is 13.4. The number of hydrogen-bond donors (Lipinski definition) is 1. The Morgan fingerprint density at radius 1 is 1.05 bits per heavy atom. The number of amides is 2. The fourth-order valence-electron chi connectivity index (χ4n) is 3.90. The summed E-state index contributed by atoms with van der Waals surface area (Å²) in [5.74, 6) is 0.223. The number of hydrogen-bond acceptors (Lipinski definition) is 5. The molecule has 0 aliphatic heterocycles. The van der Waals surface area contributed by atoms with Gasteiger partial charge in [-0.15, -0.1) is 0 Å². The highest BCUT2D eigenvalue weighted by Gasteiger charge is 2.27. The van der Waals surface area contributed by atoms with Gasteiger partial charge in [0.25, 0.3) is 0 Å². The number of nitrogens with zero attached hydrogens (tertiary/aromatic N) is 2. The minimum atomic E-state index is -3.54. The molecule has 0 fully saturated rings. The number of aryl methyl sites for hydroxylation is 2. The summed E-state index contributed by atoms with van der Waals surface area (Å²) in [5.41, 5.74) is 3.48. The largest absolute Gasteiger partial charge is 0.497 e. The van der Waals surface area contributed by atoms with E-state index < -0.39 is 16.1 Å². The lowest BCUT2D eigenvalue weighted by atomic mass is 10.1. The molecule has 8 nitrogen and oxygen atoms in total. The second-order valence-electron chi connectivity index (χ2n) is 9.57. The molecule has 0 radical (unpaired) electrons. The van der Waals surface area contributed by atoms with E-state index in [-0.39, 0.29) is 37.4 Å².